The third kappa shape index (κ3) is 1.98. The van der Waals surface area contributed by atoms with Crippen LogP contribution in [-0.4, -0.2) is 4.57 Å². The molecule has 1 heterocycles. The molecule has 0 fully saturated rings. The molecule has 0 aliphatic carbocycles. The van der Waals surface area contributed by atoms with Gasteiger partial charge in [0.2, 0.25) is 5.43 Å². The molecular formula is C16H12INO. The van der Waals surface area contributed by atoms with Crippen molar-refractivity contribution in [1.82, 2.24) is 4.57 Å². The molecule has 2 aromatic carbocycles. The number of benzene rings is 2. The molecule has 0 saturated heterocycles. The standard InChI is InChI=1S/C16H12INO/c1-18-13-10-6-5-9-12(13)16(19)14(17)15(18)11-7-3-2-4-8-11/h2-10H,1H3. The van der Waals surface area contributed by atoms with Gasteiger partial charge in [0, 0.05) is 12.4 Å². The smallest absolute Gasteiger partial charge is 0.203 e. The maximum atomic E-state index is 12.5. The van der Waals surface area contributed by atoms with E-state index in [1.54, 1.807) is 0 Å². The molecule has 0 N–H and O–H groups in total. The van der Waals surface area contributed by atoms with Gasteiger partial charge in [0.25, 0.3) is 0 Å². The van der Waals surface area contributed by atoms with Gasteiger partial charge in [-0.25, -0.2) is 0 Å². The van der Waals surface area contributed by atoms with Crippen molar-refractivity contribution >= 4 is 33.5 Å². The molecule has 0 saturated carbocycles. The molecule has 3 aromatic rings. The van der Waals surface area contributed by atoms with Gasteiger partial charge >= 0.3 is 0 Å². The van der Waals surface area contributed by atoms with Crippen LogP contribution in [0.1, 0.15) is 0 Å². The van der Waals surface area contributed by atoms with E-state index in [0.717, 1.165) is 25.7 Å². The van der Waals surface area contributed by atoms with Crippen molar-refractivity contribution in [2.24, 2.45) is 7.05 Å². The van der Waals surface area contributed by atoms with Crippen LogP contribution in [0.3, 0.4) is 0 Å². The number of fused-ring (bicyclic) bond motifs is 1. The molecule has 0 atom stereocenters. The largest absolute Gasteiger partial charge is 0.343 e. The molecule has 0 aliphatic heterocycles. The average Bonchev–Trinajstić information content (AvgIpc) is 2.46. The number of halogens is 1. The molecule has 0 amide bonds. The Hall–Kier alpha value is -1.62. The van der Waals surface area contributed by atoms with Crippen molar-refractivity contribution in [2.45, 2.75) is 0 Å². The first kappa shape index (κ1) is 12.4. The van der Waals surface area contributed by atoms with Crippen LogP contribution in [0.2, 0.25) is 0 Å². The molecule has 19 heavy (non-hydrogen) atoms. The van der Waals surface area contributed by atoms with E-state index in [9.17, 15) is 4.79 Å². The lowest BCUT2D eigenvalue weighted by molar-refractivity contribution is 0.954. The number of pyridine rings is 1. The summed E-state index contributed by atoms with van der Waals surface area (Å²) in [5.41, 5.74) is 3.11. The van der Waals surface area contributed by atoms with E-state index in [0.29, 0.717) is 0 Å². The molecule has 3 heteroatoms. The highest BCUT2D eigenvalue weighted by molar-refractivity contribution is 14.1. The monoisotopic (exact) mass is 361 g/mol. The minimum absolute atomic E-state index is 0.105. The Labute approximate surface area is 124 Å². The number of para-hydroxylation sites is 1. The first-order valence-electron chi connectivity index (χ1n) is 6.03. The van der Waals surface area contributed by atoms with Crippen molar-refractivity contribution in [2.75, 3.05) is 0 Å². The topological polar surface area (TPSA) is 22.0 Å². The van der Waals surface area contributed by atoms with Crippen molar-refractivity contribution in [3.05, 3.63) is 68.4 Å². The molecule has 0 spiro atoms. The van der Waals surface area contributed by atoms with Gasteiger partial charge in [-0.1, -0.05) is 42.5 Å². The first-order valence-corrected chi connectivity index (χ1v) is 7.10. The second kappa shape index (κ2) is 4.81. The zero-order valence-electron chi connectivity index (χ0n) is 10.4. The first-order chi connectivity index (χ1) is 9.20. The number of nitrogens with zero attached hydrogens (tertiary/aromatic N) is 1. The van der Waals surface area contributed by atoms with Crippen LogP contribution >= 0.6 is 22.6 Å². The molecule has 2 nitrogen and oxygen atoms in total. The summed E-state index contributed by atoms with van der Waals surface area (Å²) in [6, 6.07) is 17.8. The number of hydrogen-bond acceptors (Lipinski definition) is 1. The van der Waals surface area contributed by atoms with Crippen LogP contribution in [0.25, 0.3) is 22.2 Å². The number of aromatic nitrogens is 1. The van der Waals surface area contributed by atoms with E-state index in [4.69, 9.17) is 0 Å². The molecular weight excluding hydrogens is 349 g/mol. The van der Waals surface area contributed by atoms with Crippen LogP contribution in [0.4, 0.5) is 0 Å². The summed E-state index contributed by atoms with van der Waals surface area (Å²) in [6.07, 6.45) is 0. The maximum absolute atomic E-state index is 12.5. The maximum Gasteiger partial charge on any atom is 0.203 e. The summed E-state index contributed by atoms with van der Waals surface area (Å²) >= 11 is 2.15. The highest BCUT2D eigenvalue weighted by Crippen LogP contribution is 2.25. The van der Waals surface area contributed by atoms with Gasteiger partial charge in [0.1, 0.15) is 0 Å². The van der Waals surface area contributed by atoms with E-state index >= 15 is 0 Å². The lowest BCUT2D eigenvalue weighted by Gasteiger charge is -2.14. The van der Waals surface area contributed by atoms with Gasteiger partial charge < -0.3 is 4.57 Å². The number of hydrogen-bond donors (Lipinski definition) is 0. The molecule has 0 aliphatic rings. The molecule has 1 aromatic heterocycles. The highest BCUT2D eigenvalue weighted by atomic mass is 127. The fraction of sp³-hybridized carbons (Fsp3) is 0.0625. The predicted molar refractivity (Wildman–Crippen MR) is 87.3 cm³/mol. The summed E-state index contributed by atoms with van der Waals surface area (Å²) in [7, 11) is 2.01. The third-order valence-corrected chi connectivity index (χ3v) is 4.30. The Morgan fingerprint density at radius 2 is 1.58 bits per heavy atom. The van der Waals surface area contributed by atoms with Crippen LogP contribution in [0, 0.1) is 3.57 Å². The molecule has 0 unspecified atom stereocenters. The number of rotatable bonds is 1. The lowest BCUT2D eigenvalue weighted by atomic mass is 10.1. The molecule has 94 valence electrons. The van der Waals surface area contributed by atoms with Crippen molar-refractivity contribution in [1.29, 1.82) is 0 Å². The summed E-state index contributed by atoms with van der Waals surface area (Å²) in [6.45, 7) is 0. The SMILES string of the molecule is Cn1c(-c2ccccc2)c(I)c(=O)c2ccccc21. The Balaban J connectivity index is 2.48. The number of aryl methyl sites for hydroxylation is 1. The quantitative estimate of drug-likeness (QED) is 0.605. The molecule has 3 rings (SSSR count). The minimum Gasteiger partial charge on any atom is -0.343 e. The van der Waals surface area contributed by atoms with Gasteiger partial charge in [-0.05, 0) is 40.3 Å². The minimum atomic E-state index is 0.105. The van der Waals surface area contributed by atoms with Crippen molar-refractivity contribution in [3.63, 3.8) is 0 Å². The highest BCUT2D eigenvalue weighted by Gasteiger charge is 2.13. The van der Waals surface area contributed by atoms with E-state index in [1.165, 1.54) is 0 Å². The Kier molecular flexibility index (Phi) is 3.14. The Morgan fingerprint density at radius 3 is 2.32 bits per heavy atom. The van der Waals surface area contributed by atoms with Gasteiger partial charge in [0.15, 0.2) is 0 Å². The van der Waals surface area contributed by atoms with E-state index < -0.39 is 0 Å². The zero-order chi connectivity index (χ0) is 13.4. The summed E-state index contributed by atoms with van der Waals surface area (Å²) in [4.78, 5) is 12.5. The zero-order valence-corrected chi connectivity index (χ0v) is 12.6. The van der Waals surface area contributed by atoms with Gasteiger partial charge in [0.05, 0.1) is 14.8 Å². The van der Waals surface area contributed by atoms with E-state index in [1.807, 2.05) is 61.6 Å². The Bertz CT molecular complexity index is 806. The van der Waals surface area contributed by atoms with Crippen LogP contribution in [-0.2, 0) is 7.05 Å². The fourth-order valence-electron chi connectivity index (χ4n) is 2.37. The second-order valence-corrected chi connectivity index (χ2v) is 5.51. The van der Waals surface area contributed by atoms with Gasteiger partial charge in [-0.15, -0.1) is 0 Å². The summed E-state index contributed by atoms with van der Waals surface area (Å²) < 4.78 is 2.86. The second-order valence-electron chi connectivity index (χ2n) is 4.43. The molecule has 0 radical (unpaired) electrons. The van der Waals surface area contributed by atoms with Crippen LogP contribution < -0.4 is 5.43 Å². The predicted octanol–water partition coefficient (Wildman–Crippen LogP) is 3.81. The van der Waals surface area contributed by atoms with Gasteiger partial charge in [-0.2, -0.15) is 0 Å². The lowest BCUT2D eigenvalue weighted by Crippen LogP contribution is -2.14. The van der Waals surface area contributed by atoms with Gasteiger partial charge in [-0.3, -0.25) is 4.79 Å². The molecule has 0 bridgehead atoms. The third-order valence-electron chi connectivity index (χ3n) is 3.30. The summed E-state index contributed by atoms with van der Waals surface area (Å²) in [5, 5.41) is 0.772. The van der Waals surface area contributed by atoms with E-state index in [-0.39, 0.29) is 5.43 Å². The average molecular weight is 361 g/mol. The van der Waals surface area contributed by atoms with Crippen LogP contribution in [0.5, 0.6) is 0 Å². The van der Waals surface area contributed by atoms with Crippen molar-refractivity contribution < 1.29 is 0 Å². The fourth-order valence-corrected chi connectivity index (χ4v) is 3.33. The van der Waals surface area contributed by atoms with Crippen LogP contribution in [0.15, 0.2) is 59.4 Å². The summed E-state index contributed by atoms with van der Waals surface area (Å²) in [5.74, 6) is 0. The van der Waals surface area contributed by atoms with Crippen molar-refractivity contribution in [3.8, 4) is 11.3 Å². The Morgan fingerprint density at radius 1 is 0.947 bits per heavy atom. The van der Waals surface area contributed by atoms with E-state index in [2.05, 4.69) is 27.2 Å². The normalized spacial score (nSPS) is 10.8.